The standard InChI is InChI=1S/C10H19NO2S/c1-10(2,3)14-7-9(13)11-4-8(5-11)6-12/h8,12H,4-7H2,1-3H3. The van der Waals surface area contributed by atoms with Crippen LogP contribution in [0.1, 0.15) is 20.8 Å². The molecule has 3 nitrogen and oxygen atoms in total. The van der Waals surface area contributed by atoms with Crippen molar-refractivity contribution in [3.05, 3.63) is 0 Å². The Labute approximate surface area is 89.9 Å². The van der Waals surface area contributed by atoms with Crippen LogP contribution in [0, 0.1) is 5.92 Å². The second-order valence-electron chi connectivity index (χ2n) is 4.75. The van der Waals surface area contributed by atoms with Gasteiger partial charge in [0.1, 0.15) is 0 Å². The molecule has 0 radical (unpaired) electrons. The van der Waals surface area contributed by atoms with Gasteiger partial charge in [-0.2, -0.15) is 0 Å². The average Bonchev–Trinajstić information content (AvgIpc) is 1.97. The molecule has 0 aromatic rings. The molecule has 1 fully saturated rings. The molecule has 1 amide bonds. The van der Waals surface area contributed by atoms with Gasteiger partial charge in [0, 0.05) is 30.4 Å². The van der Waals surface area contributed by atoms with Crippen LogP contribution in [-0.2, 0) is 4.79 Å². The molecule has 0 bridgehead atoms. The summed E-state index contributed by atoms with van der Waals surface area (Å²) in [7, 11) is 0. The first kappa shape index (κ1) is 11.9. The number of hydrogen-bond acceptors (Lipinski definition) is 3. The summed E-state index contributed by atoms with van der Waals surface area (Å²) < 4.78 is 0.150. The molecule has 14 heavy (non-hydrogen) atoms. The first-order valence-electron chi connectivity index (χ1n) is 4.95. The van der Waals surface area contributed by atoms with Crippen molar-refractivity contribution >= 4 is 17.7 Å². The third-order valence-corrected chi connectivity index (χ3v) is 3.45. The first-order chi connectivity index (χ1) is 6.42. The van der Waals surface area contributed by atoms with E-state index in [1.807, 2.05) is 4.90 Å². The van der Waals surface area contributed by atoms with Crippen LogP contribution in [0.4, 0.5) is 0 Å². The number of aliphatic hydroxyl groups is 1. The van der Waals surface area contributed by atoms with Crippen LogP contribution in [0.2, 0.25) is 0 Å². The zero-order chi connectivity index (χ0) is 10.8. The maximum atomic E-state index is 11.6. The Hall–Kier alpha value is -0.220. The van der Waals surface area contributed by atoms with Gasteiger partial charge in [-0.15, -0.1) is 11.8 Å². The van der Waals surface area contributed by atoms with Gasteiger partial charge in [-0.05, 0) is 0 Å². The number of amides is 1. The fraction of sp³-hybridized carbons (Fsp3) is 0.900. The summed E-state index contributed by atoms with van der Waals surface area (Å²) in [5, 5.41) is 8.80. The quantitative estimate of drug-likeness (QED) is 0.766. The van der Waals surface area contributed by atoms with Crippen molar-refractivity contribution in [2.24, 2.45) is 5.92 Å². The molecule has 82 valence electrons. The molecule has 0 unspecified atom stereocenters. The second kappa shape index (κ2) is 4.53. The van der Waals surface area contributed by atoms with E-state index in [9.17, 15) is 4.79 Å². The highest BCUT2D eigenvalue weighted by atomic mass is 32.2. The largest absolute Gasteiger partial charge is 0.396 e. The minimum atomic E-state index is 0.150. The monoisotopic (exact) mass is 217 g/mol. The van der Waals surface area contributed by atoms with Crippen molar-refractivity contribution in [2.45, 2.75) is 25.5 Å². The van der Waals surface area contributed by atoms with Gasteiger partial charge in [0.05, 0.1) is 5.75 Å². The molecule has 0 aromatic carbocycles. The lowest BCUT2D eigenvalue weighted by Crippen LogP contribution is -2.52. The van der Waals surface area contributed by atoms with E-state index in [0.717, 1.165) is 13.1 Å². The van der Waals surface area contributed by atoms with E-state index in [4.69, 9.17) is 5.11 Å². The molecule has 1 heterocycles. The molecule has 1 saturated heterocycles. The van der Waals surface area contributed by atoms with Crippen molar-refractivity contribution < 1.29 is 9.90 Å². The third kappa shape index (κ3) is 3.50. The second-order valence-corrected chi connectivity index (χ2v) is 6.55. The molecule has 0 spiro atoms. The van der Waals surface area contributed by atoms with Crippen LogP contribution < -0.4 is 0 Å². The molecule has 0 saturated carbocycles. The molecule has 0 atom stereocenters. The molecule has 4 heteroatoms. The highest BCUT2D eigenvalue weighted by Gasteiger charge is 2.30. The normalized spacial score (nSPS) is 18.1. The topological polar surface area (TPSA) is 40.5 Å². The van der Waals surface area contributed by atoms with Crippen LogP contribution in [-0.4, -0.2) is 46.1 Å². The summed E-state index contributed by atoms with van der Waals surface area (Å²) in [5.41, 5.74) is 0. The summed E-state index contributed by atoms with van der Waals surface area (Å²) in [6.07, 6.45) is 0. The SMILES string of the molecule is CC(C)(C)SCC(=O)N1CC(CO)C1. The van der Waals surface area contributed by atoms with Crippen LogP contribution >= 0.6 is 11.8 Å². The lowest BCUT2D eigenvalue weighted by Gasteiger charge is -2.38. The van der Waals surface area contributed by atoms with Gasteiger partial charge < -0.3 is 10.0 Å². The lowest BCUT2D eigenvalue weighted by molar-refractivity contribution is -0.135. The smallest absolute Gasteiger partial charge is 0.232 e. The highest BCUT2D eigenvalue weighted by molar-refractivity contribution is 8.01. The van der Waals surface area contributed by atoms with Gasteiger partial charge in [-0.25, -0.2) is 0 Å². The van der Waals surface area contributed by atoms with E-state index in [1.54, 1.807) is 11.8 Å². The van der Waals surface area contributed by atoms with Crippen LogP contribution in [0.25, 0.3) is 0 Å². The number of hydrogen-bond donors (Lipinski definition) is 1. The Morgan fingerprint density at radius 1 is 1.50 bits per heavy atom. The first-order valence-corrected chi connectivity index (χ1v) is 5.93. The molecule has 1 N–H and O–H groups in total. The van der Waals surface area contributed by atoms with Crippen LogP contribution in [0.5, 0.6) is 0 Å². The van der Waals surface area contributed by atoms with Crippen LogP contribution in [0.15, 0.2) is 0 Å². The number of likely N-dealkylation sites (tertiary alicyclic amines) is 1. The molecule has 0 aromatic heterocycles. The summed E-state index contributed by atoms with van der Waals surface area (Å²) in [4.78, 5) is 13.4. The number of carbonyl (C=O) groups is 1. The minimum Gasteiger partial charge on any atom is -0.396 e. The van der Waals surface area contributed by atoms with Gasteiger partial charge in [0.15, 0.2) is 0 Å². The number of carbonyl (C=O) groups excluding carboxylic acids is 1. The summed E-state index contributed by atoms with van der Waals surface area (Å²) in [6.45, 7) is 8.00. The fourth-order valence-corrected chi connectivity index (χ4v) is 2.00. The average molecular weight is 217 g/mol. The maximum Gasteiger partial charge on any atom is 0.232 e. The van der Waals surface area contributed by atoms with Crippen molar-refractivity contribution in [1.82, 2.24) is 4.90 Å². The molecular formula is C10H19NO2S. The zero-order valence-corrected chi connectivity index (χ0v) is 9.93. The van der Waals surface area contributed by atoms with E-state index in [1.165, 1.54) is 0 Å². The minimum absolute atomic E-state index is 0.150. The highest BCUT2D eigenvalue weighted by Crippen LogP contribution is 2.24. The van der Waals surface area contributed by atoms with Crippen molar-refractivity contribution in [3.8, 4) is 0 Å². The number of rotatable bonds is 3. The molecular weight excluding hydrogens is 198 g/mol. The summed E-state index contributed by atoms with van der Waals surface area (Å²) in [5.74, 6) is 1.08. The van der Waals surface area contributed by atoms with Gasteiger partial charge in [-0.1, -0.05) is 20.8 Å². The van der Waals surface area contributed by atoms with E-state index in [2.05, 4.69) is 20.8 Å². The van der Waals surface area contributed by atoms with Crippen LogP contribution in [0.3, 0.4) is 0 Å². The van der Waals surface area contributed by atoms with Crippen molar-refractivity contribution in [1.29, 1.82) is 0 Å². The predicted molar refractivity (Wildman–Crippen MR) is 59.4 cm³/mol. The number of thioether (sulfide) groups is 1. The summed E-state index contributed by atoms with van der Waals surface area (Å²) in [6, 6.07) is 0. The van der Waals surface area contributed by atoms with Gasteiger partial charge >= 0.3 is 0 Å². The van der Waals surface area contributed by atoms with E-state index >= 15 is 0 Å². The van der Waals surface area contributed by atoms with E-state index in [-0.39, 0.29) is 17.3 Å². The zero-order valence-electron chi connectivity index (χ0n) is 9.12. The Balaban J connectivity index is 2.18. The maximum absolute atomic E-state index is 11.6. The van der Waals surface area contributed by atoms with E-state index < -0.39 is 0 Å². The Bertz CT molecular complexity index is 207. The van der Waals surface area contributed by atoms with Gasteiger partial charge in [-0.3, -0.25) is 4.79 Å². The fourth-order valence-electron chi connectivity index (χ4n) is 1.26. The Morgan fingerprint density at radius 3 is 2.50 bits per heavy atom. The lowest BCUT2D eigenvalue weighted by atomic mass is 10.0. The Kier molecular flexibility index (Phi) is 3.84. The number of nitrogens with zero attached hydrogens (tertiary/aromatic N) is 1. The summed E-state index contributed by atoms with van der Waals surface area (Å²) >= 11 is 1.67. The molecule has 1 rings (SSSR count). The predicted octanol–water partition coefficient (Wildman–Crippen LogP) is 0.969. The van der Waals surface area contributed by atoms with Crippen molar-refractivity contribution in [3.63, 3.8) is 0 Å². The van der Waals surface area contributed by atoms with Gasteiger partial charge in [0.25, 0.3) is 0 Å². The van der Waals surface area contributed by atoms with E-state index in [0.29, 0.717) is 11.7 Å². The molecule has 1 aliphatic rings. The third-order valence-electron chi connectivity index (χ3n) is 2.20. The Morgan fingerprint density at radius 2 is 2.07 bits per heavy atom. The van der Waals surface area contributed by atoms with Gasteiger partial charge in [0.2, 0.25) is 5.91 Å². The van der Waals surface area contributed by atoms with Crippen molar-refractivity contribution in [2.75, 3.05) is 25.4 Å². The number of aliphatic hydroxyl groups excluding tert-OH is 1. The molecule has 0 aliphatic carbocycles. The molecule has 1 aliphatic heterocycles.